The van der Waals surface area contributed by atoms with Gasteiger partial charge in [0.1, 0.15) is 11.6 Å². The molecule has 1 aliphatic heterocycles. The number of rotatable bonds is 8. The third-order valence-corrected chi connectivity index (χ3v) is 10.2. The highest BCUT2D eigenvalue weighted by Crippen LogP contribution is 2.37. The molecule has 2 unspecified atom stereocenters. The lowest BCUT2D eigenvalue weighted by molar-refractivity contribution is -0.140. The van der Waals surface area contributed by atoms with E-state index in [0.29, 0.717) is 29.1 Å². The number of anilines is 2. The van der Waals surface area contributed by atoms with Crippen molar-refractivity contribution >= 4 is 67.7 Å². The van der Waals surface area contributed by atoms with Gasteiger partial charge in [0.25, 0.3) is 10.0 Å². The van der Waals surface area contributed by atoms with Crippen LogP contribution in [-0.2, 0) is 19.6 Å². The second-order valence-electron chi connectivity index (χ2n) is 14.1. The number of aromatic nitrogens is 3. The summed E-state index contributed by atoms with van der Waals surface area (Å²) < 4.78 is 36.5. The molecule has 1 aliphatic rings. The maximum absolute atomic E-state index is 14.2. The number of carbonyl (C=O) groups excluding carboxylic acids is 1. The van der Waals surface area contributed by atoms with Crippen molar-refractivity contribution in [2.24, 2.45) is 5.41 Å². The van der Waals surface area contributed by atoms with E-state index in [0.717, 1.165) is 23.7 Å². The SMILES string of the molecule is CC(C)(C)OC(=O)NC1CCCN(c2ccc(-n3ccc4cc(N(C(C(=O)O)C(C)(C)C)S(=O)(=O)c5cc(Cl)cc(Cl)c5)ccc43)nn2)C1. The molecular formula is C34H40Cl2N6O6S. The Morgan fingerprint density at radius 1 is 0.980 bits per heavy atom. The van der Waals surface area contributed by atoms with Crippen LogP contribution in [0.3, 0.4) is 0 Å². The topological polar surface area (TPSA) is 147 Å². The van der Waals surface area contributed by atoms with Crippen LogP contribution in [-0.4, -0.2) is 71.1 Å². The molecule has 0 saturated carbocycles. The first-order valence-corrected chi connectivity index (χ1v) is 18.0. The predicted octanol–water partition coefficient (Wildman–Crippen LogP) is 6.92. The molecule has 1 fully saturated rings. The Bertz CT molecular complexity index is 1950. The minimum Gasteiger partial charge on any atom is -0.480 e. The summed E-state index contributed by atoms with van der Waals surface area (Å²) in [5, 5.41) is 23.1. The van der Waals surface area contributed by atoms with E-state index in [-0.39, 0.29) is 26.7 Å². The van der Waals surface area contributed by atoms with Crippen LogP contribution < -0.4 is 14.5 Å². The van der Waals surface area contributed by atoms with Crippen molar-refractivity contribution in [2.75, 3.05) is 22.3 Å². The van der Waals surface area contributed by atoms with E-state index in [2.05, 4.69) is 20.4 Å². The van der Waals surface area contributed by atoms with Crippen molar-refractivity contribution < 1.29 is 27.9 Å². The number of alkyl carbamates (subject to hydrolysis) is 1. The summed E-state index contributed by atoms with van der Waals surface area (Å²) in [5.74, 6) is -0.108. The van der Waals surface area contributed by atoms with Crippen LogP contribution in [0.1, 0.15) is 54.4 Å². The number of fused-ring (bicyclic) bond motifs is 1. The molecule has 1 saturated heterocycles. The van der Waals surface area contributed by atoms with Gasteiger partial charge in [-0.2, -0.15) is 0 Å². The molecule has 0 spiro atoms. The van der Waals surface area contributed by atoms with Gasteiger partial charge in [0, 0.05) is 40.8 Å². The summed E-state index contributed by atoms with van der Waals surface area (Å²) in [4.78, 5) is 26.8. The molecule has 4 aromatic rings. The molecule has 2 aromatic heterocycles. The Labute approximate surface area is 296 Å². The number of sulfonamides is 1. The third-order valence-electron chi connectivity index (χ3n) is 7.96. The smallest absolute Gasteiger partial charge is 0.407 e. The largest absolute Gasteiger partial charge is 0.480 e. The van der Waals surface area contributed by atoms with Crippen molar-refractivity contribution in [1.29, 1.82) is 0 Å². The van der Waals surface area contributed by atoms with E-state index in [4.69, 9.17) is 27.9 Å². The Morgan fingerprint density at radius 2 is 1.63 bits per heavy atom. The molecule has 1 amide bonds. The van der Waals surface area contributed by atoms with Crippen LogP contribution in [0, 0.1) is 5.41 Å². The zero-order valence-electron chi connectivity index (χ0n) is 28.1. The van der Waals surface area contributed by atoms with Crippen LogP contribution in [0.15, 0.2) is 65.7 Å². The van der Waals surface area contributed by atoms with E-state index in [1.807, 2.05) is 37.5 Å². The van der Waals surface area contributed by atoms with Crippen LogP contribution in [0.4, 0.5) is 16.3 Å². The molecule has 15 heteroatoms. The van der Waals surface area contributed by atoms with Crippen molar-refractivity contribution in [1.82, 2.24) is 20.1 Å². The first-order valence-electron chi connectivity index (χ1n) is 15.8. The zero-order chi connectivity index (χ0) is 35.9. The number of halogens is 2. The number of nitrogens with zero attached hydrogens (tertiary/aromatic N) is 5. The standard InChI is InChI=1S/C34H40Cl2N6O6S/c1-33(2,3)30(31(43)44)42(49(46,47)26-18-22(35)17-23(36)19-26)25-9-10-27-21(16-25)13-15-41(27)29-12-11-28(38-39-29)40-14-7-8-24(20-40)37-32(45)48-34(4,5)6/h9-13,15-19,24,30H,7-8,14,20H2,1-6H3,(H,37,45)(H,43,44). The number of carbonyl (C=O) groups is 2. The first-order chi connectivity index (χ1) is 22.8. The van der Waals surface area contributed by atoms with Gasteiger partial charge in [-0.1, -0.05) is 44.0 Å². The van der Waals surface area contributed by atoms with Gasteiger partial charge in [-0.15, -0.1) is 10.2 Å². The molecule has 2 atom stereocenters. The first kappa shape index (κ1) is 36.2. The maximum Gasteiger partial charge on any atom is 0.407 e. The second-order valence-corrected chi connectivity index (χ2v) is 16.8. The van der Waals surface area contributed by atoms with Crippen molar-refractivity contribution in [2.45, 2.75) is 77.0 Å². The molecule has 0 bridgehead atoms. The van der Waals surface area contributed by atoms with Crippen LogP contribution in [0.25, 0.3) is 16.7 Å². The Kier molecular flexibility index (Phi) is 10.1. The van der Waals surface area contributed by atoms with E-state index >= 15 is 0 Å². The molecule has 49 heavy (non-hydrogen) atoms. The highest BCUT2D eigenvalue weighted by Gasteiger charge is 2.43. The third kappa shape index (κ3) is 8.22. The lowest BCUT2D eigenvalue weighted by Gasteiger charge is -2.37. The van der Waals surface area contributed by atoms with Gasteiger partial charge in [0.15, 0.2) is 11.6 Å². The van der Waals surface area contributed by atoms with Gasteiger partial charge < -0.3 is 20.1 Å². The summed E-state index contributed by atoms with van der Waals surface area (Å²) in [6.07, 6.45) is 3.03. The summed E-state index contributed by atoms with van der Waals surface area (Å²) in [6.45, 7) is 11.8. The number of carboxylic acids is 1. The highest BCUT2D eigenvalue weighted by atomic mass is 35.5. The van der Waals surface area contributed by atoms with E-state index in [1.54, 1.807) is 51.2 Å². The van der Waals surface area contributed by atoms with E-state index in [9.17, 15) is 23.1 Å². The number of nitrogens with one attached hydrogen (secondary N) is 1. The van der Waals surface area contributed by atoms with Gasteiger partial charge >= 0.3 is 12.1 Å². The van der Waals surface area contributed by atoms with Gasteiger partial charge in [-0.05, 0) is 93.6 Å². The molecule has 3 heterocycles. The minimum absolute atomic E-state index is 0.0917. The Hall–Kier alpha value is -4.07. The van der Waals surface area contributed by atoms with E-state index in [1.165, 1.54) is 18.2 Å². The lowest BCUT2D eigenvalue weighted by Crippen LogP contribution is -2.52. The van der Waals surface area contributed by atoms with Crippen LogP contribution in [0.5, 0.6) is 0 Å². The van der Waals surface area contributed by atoms with Crippen molar-refractivity contribution in [3.05, 3.63) is 70.8 Å². The fourth-order valence-electron chi connectivity index (χ4n) is 5.90. The monoisotopic (exact) mass is 730 g/mol. The number of carboxylic acid groups (broad SMARTS) is 1. The molecule has 262 valence electrons. The van der Waals surface area contributed by atoms with Gasteiger partial charge in [0.2, 0.25) is 0 Å². The Morgan fingerprint density at radius 3 is 2.22 bits per heavy atom. The highest BCUT2D eigenvalue weighted by molar-refractivity contribution is 7.93. The molecule has 0 aliphatic carbocycles. The number of piperidine rings is 1. The number of aliphatic carboxylic acids is 1. The van der Waals surface area contributed by atoms with Gasteiger partial charge in [0.05, 0.1) is 16.1 Å². The average molecular weight is 732 g/mol. The van der Waals surface area contributed by atoms with Crippen LogP contribution in [0.2, 0.25) is 10.0 Å². The number of benzene rings is 2. The van der Waals surface area contributed by atoms with E-state index < -0.39 is 39.1 Å². The summed E-state index contributed by atoms with van der Waals surface area (Å²) in [6, 6.07) is 12.7. The van der Waals surface area contributed by atoms with Crippen molar-refractivity contribution in [3.8, 4) is 5.82 Å². The van der Waals surface area contributed by atoms with Gasteiger partial charge in [-0.25, -0.2) is 18.0 Å². The lowest BCUT2D eigenvalue weighted by atomic mass is 9.86. The molecular weight excluding hydrogens is 691 g/mol. The van der Waals surface area contributed by atoms with Crippen molar-refractivity contribution in [3.63, 3.8) is 0 Å². The minimum atomic E-state index is -4.46. The second kappa shape index (κ2) is 13.7. The fraction of sp³-hybridized carbons (Fsp3) is 0.412. The normalized spacial score (nSPS) is 16.3. The number of hydrogen-bond acceptors (Lipinski definition) is 8. The molecule has 2 N–H and O–H groups in total. The number of ether oxygens (including phenoxy) is 1. The molecule has 0 radical (unpaired) electrons. The molecule has 5 rings (SSSR count). The number of amides is 1. The maximum atomic E-state index is 14.2. The quantitative estimate of drug-likeness (QED) is 0.197. The predicted molar refractivity (Wildman–Crippen MR) is 190 cm³/mol. The summed E-state index contributed by atoms with van der Waals surface area (Å²) in [5.41, 5.74) is -0.722. The average Bonchev–Trinajstić information content (AvgIpc) is 3.41. The fourth-order valence-corrected chi connectivity index (χ4v) is 8.41. The zero-order valence-corrected chi connectivity index (χ0v) is 30.5. The summed E-state index contributed by atoms with van der Waals surface area (Å²) >= 11 is 12.3. The molecule has 2 aromatic carbocycles. The summed E-state index contributed by atoms with van der Waals surface area (Å²) in [7, 11) is -4.46. The van der Waals surface area contributed by atoms with Gasteiger partial charge in [-0.3, -0.25) is 8.87 Å². The molecule has 12 nitrogen and oxygen atoms in total. The number of hydrogen-bond donors (Lipinski definition) is 2. The van der Waals surface area contributed by atoms with Crippen LogP contribution >= 0.6 is 23.2 Å². The Balaban J connectivity index is 1.44.